The first-order valence-electron chi connectivity index (χ1n) is 7.91. The Labute approximate surface area is 129 Å². The van der Waals surface area contributed by atoms with Gasteiger partial charge < -0.3 is 11.1 Å². The van der Waals surface area contributed by atoms with Crippen LogP contribution in [0.4, 0.5) is 0 Å². The molecule has 1 aromatic rings. The number of nitrogens with one attached hydrogen (secondary N) is 1. The molecule has 3 N–H and O–H groups in total. The number of hydrogen-bond donors (Lipinski definition) is 2. The summed E-state index contributed by atoms with van der Waals surface area (Å²) in [6.07, 6.45) is 3.28. The number of nitrogens with two attached hydrogens (primary N) is 1. The molecule has 3 nitrogen and oxygen atoms in total. The van der Waals surface area contributed by atoms with E-state index in [1.54, 1.807) is 0 Å². The molecular weight excluding hydrogens is 260 g/mol. The van der Waals surface area contributed by atoms with E-state index in [2.05, 4.69) is 50.4 Å². The summed E-state index contributed by atoms with van der Waals surface area (Å²) in [7, 11) is 0. The van der Waals surface area contributed by atoms with E-state index in [0.717, 1.165) is 19.3 Å². The summed E-state index contributed by atoms with van der Waals surface area (Å²) in [6.45, 7) is 8.90. The molecule has 1 unspecified atom stereocenters. The Bertz CT molecular complexity index is 439. The fourth-order valence-electron chi connectivity index (χ4n) is 2.69. The highest BCUT2D eigenvalue weighted by atomic mass is 16.1. The van der Waals surface area contributed by atoms with Gasteiger partial charge in [0, 0.05) is 18.5 Å². The van der Waals surface area contributed by atoms with Gasteiger partial charge in [0.05, 0.1) is 0 Å². The van der Waals surface area contributed by atoms with Crippen molar-refractivity contribution in [3.8, 4) is 0 Å². The second kappa shape index (κ2) is 8.18. The Morgan fingerprint density at radius 2 is 1.90 bits per heavy atom. The van der Waals surface area contributed by atoms with Crippen molar-refractivity contribution in [3.05, 3.63) is 35.4 Å². The van der Waals surface area contributed by atoms with Gasteiger partial charge in [0.1, 0.15) is 0 Å². The summed E-state index contributed by atoms with van der Waals surface area (Å²) in [6, 6.07) is 8.50. The van der Waals surface area contributed by atoms with Crippen LogP contribution in [0.25, 0.3) is 0 Å². The molecule has 1 amide bonds. The van der Waals surface area contributed by atoms with E-state index in [1.807, 2.05) is 6.92 Å². The third kappa shape index (κ3) is 6.76. The van der Waals surface area contributed by atoms with Crippen molar-refractivity contribution in [3.63, 3.8) is 0 Å². The highest BCUT2D eigenvalue weighted by Crippen LogP contribution is 2.16. The second-order valence-corrected chi connectivity index (χ2v) is 6.75. The first-order chi connectivity index (χ1) is 9.84. The maximum atomic E-state index is 12.1. The molecule has 3 heteroatoms. The van der Waals surface area contributed by atoms with Gasteiger partial charge in [-0.1, -0.05) is 43.7 Å². The number of aryl methyl sites for hydroxylation is 2. The van der Waals surface area contributed by atoms with Crippen LogP contribution in [0.5, 0.6) is 0 Å². The highest BCUT2D eigenvalue weighted by Gasteiger charge is 2.25. The fraction of sp³-hybridized carbons (Fsp3) is 0.611. The lowest BCUT2D eigenvalue weighted by Crippen LogP contribution is -2.52. The van der Waals surface area contributed by atoms with E-state index in [4.69, 9.17) is 5.73 Å². The van der Waals surface area contributed by atoms with E-state index >= 15 is 0 Å². The predicted octanol–water partition coefficient (Wildman–Crippen LogP) is 3.20. The Morgan fingerprint density at radius 3 is 2.43 bits per heavy atom. The Hall–Kier alpha value is -1.35. The minimum absolute atomic E-state index is 0.107. The van der Waals surface area contributed by atoms with Crippen LogP contribution in [0.2, 0.25) is 0 Å². The molecule has 0 saturated heterocycles. The standard InChI is InChI=1S/C18H30N2O/c1-14(2)12-18(4,13-19)20-17(21)7-5-6-16-10-8-15(3)9-11-16/h8-11,14H,5-7,12-13,19H2,1-4H3,(H,20,21). The molecule has 1 atom stereocenters. The van der Waals surface area contributed by atoms with Gasteiger partial charge in [0.2, 0.25) is 5.91 Å². The lowest BCUT2D eigenvalue weighted by Gasteiger charge is -2.31. The molecule has 0 aromatic heterocycles. The molecule has 0 aliphatic heterocycles. The normalized spacial score (nSPS) is 14.0. The first kappa shape index (κ1) is 17.7. The van der Waals surface area contributed by atoms with E-state index in [1.165, 1.54) is 11.1 Å². The van der Waals surface area contributed by atoms with Crippen LogP contribution in [0.1, 0.15) is 51.2 Å². The SMILES string of the molecule is Cc1ccc(CCCC(=O)NC(C)(CN)CC(C)C)cc1. The minimum atomic E-state index is -0.283. The van der Waals surface area contributed by atoms with Gasteiger partial charge in [0.15, 0.2) is 0 Å². The van der Waals surface area contributed by atoms with Crippen LogP contribution in [0, 0.1) is 12.8 Å². The van der Waals surface area contributed by atoms with E-state index < -0.39 is 0 Å². The first-order valence-corrected chi connectivity index (χ1v) is 7.91. The van der Waals surface area contributed by atoms with Crippen LogP contribution in [0.3, 0.4) is 0 Å². The molecule has 0 heterocycles. The van der Waals surface area contributed by atoms with Gasteiger partial charge in [-0.15, -0.1) is 0 Å². The average Bonchev–Trinajstić information content (AvgIpc) is 2.40. The summed E-state index contributed by atoms with van der Waals surface area (Å²) in [4.78, 5) is 12.1. The average molecular weight is 290 g/mol. The Balaban J connectivity index is 2.37. The lowest BCUT2D eigenvalue weighted by atomic mass is 9.90. The third-order valence-corrected chi connectivity index (χ3v) is 3.74. The van der Waals surface area contributed by atoms with E-state index in [-0.39, 0.29) is 11.4 Å². The smallest absolute Gasteiger partial charge is 0.220 e. The van der Waals surface area contributed by atoms with Crippen molar-refractivity contribution in [2.24, 2.45) is 11.7 Å². The van der Waals surface area contributed by atoms with E-state index in [9.17, 15) is 4.79 Å². The topological polar surface area (TPSA) is 55.1 Å². The second-order valence-electron chi connectivity index (χ2n) is 6.75. The molecule has 0 radical (unpaired) electrons. The molecule has 0 spiro atoms. The number of rotatable bonds is 8. The van der Waals surface area contributed by atoms with Crippen molar-refractivity contribution in [1.29, 1.82) is 0 Å². The quantitative estimate of drug-likeness (QED) is 0.772. The molecule has 21 heavy (non-hydrogen) atoms. The highest BCUT2D eigenvalue weighted by molar-refractivity contribution is 5.76. The summed E-state index contributed by atoms with van der Waals surface area (Å²) < 4.78 is 0. The number of amides is 1. The molecule has 118 valence electrons. The summed E-state index contributed by atoms with van der Waals surface area (Å²) in [5, 5.41) is 3.11. The van der Waals surface area contributed by atoms with Gasteiger partial charge in [-0.3, -0.25) is 4.79 Å². The van der Waals surface area contributed by atoms with Crippen molar-refractivity contribution in [1.82, 2.24) is 5.32 Å². The van der Waals surface area contributed by atoms with Gasteiger partial charge in [-0.2, -0.15) is 0 Å². The zero-order valence-electron chi connectivity index (χ0n) is 13.9. The molecule has 0 aliphatic carbocycles. The van der Waals surface area contributed by atoms with Crippen molar-refractivity contribution in [2.45, 2.75) is 58.9 Å². The molecule has 0 fully saturated rings. The monoisotopic (exact) mass is 290 g/mol. The number of hydrogen-bond acceptors (Lipinski definition) is 2. The molecule has 0 saturated carbocycles. The zero-order chi connectivity index (χ0) is 15.9. The maximum Gasteiger partial charge on any atom is 0.220 e. The molecule has 0 bridgehead atoms. The van der Waals surface area contributed by atoms with Crippen LogP contribution in [0.15, 0.2) is 24.3 Å². The van der Waals surface area contributed by atoms with Crippen molar-refractivity contribution in [2.75, 3.05) is 6.54 Å². The molecule has 0 aliphatic rings. The van der Waals surface area contributed by atoms with Crippen LogP contribution < -0.4 is 11.1 Å². The van der Waals surface area contributed by atoms with Gasteiger partial charge in [-0.05, 0) is 44.6 Å². The minimum Gasteiger partial charge on any atom is -0.350 e. The zero-order valence-corrected chi connectivity index (χ0v) is 13.9. The number of carbonyl (C=O) groups is 1. The lowest BCUT2D eigenvalue weighted by molar-refractivity contribution is -0.123. The molecule has 1 aromatic carbocycles. The number of carbonyl (C=O) groups excluding carboxylic acids is 1. The summed E-state index contributed by atoms with van der Waals surface area (Å²) >= 11 is 0. The van der Waals surface area contributed by atoms with Crippen LogP contribution in [-0.2, 0) is 11.2 Å². The van der Waals surface area contributed by atoms with Crippen LogP contribution in [-0.4, -0.2) is 18.0 Å². The van der Waals surface area contributed by atoms with Gasteiger partial charge >= 0.3 is 0 Å². The fourth-order valence-corrected chi connectivity index (χ4v) is 2.69. The summed E-state index contributed by atoms with van der Waals surface area (Å²) in [5.41, 5.74) is 8.10. The predicted molar refractivity (Wildman–Crippen MR) is 89.2 cm³/mol. The maximum absolute atomic E-state index is 12.1. The molecular formula is C18H30N2O. The van der Waals surface area contributed by atoms with Gasteiger partial charge in [-0.25, -0.2) is 0 Å². The van der Waals surface area contributed by atoms with Gasteiger partial charge in [0.25, 0.3) is 0 Å². The Kier molecular flexibility index (Phi) is 6.90. The molecule has 1 rings (SSSR count). The summed E-state index contributed by atoms with van der Waals surface area (Å²) in [5.74, 6) is 0.627. The van der Waals surface area contributed by atoms with E-state index in [0.29, 0.717) is 18.9 Å². The Morgan fingerprint density at radius 1 is 1.29 bits per heavy atom. The van der Waals surface area contributed by atoms with Crippen molar-refractivity contribution < 1.29 is 4.79 Å². The van der Waals surface area contributed by atoms with Crippen molar-refractivity contribution >= 4 is 5.91 Å². The number of benzene rings is 1. The largest absolute Gasteiger partial charge is 0.350 e. The third-order valence-electron chi connectivity index (χ3n) is 3.74. The van der Waals surface area contributed by atoms with Crippen LogP contribution >= 0.6 is 0 Å².